The summed E-state index contributed by atoms with van der Waals surface area (Å²) in [6.45, 7) is 15.8. The first kappa shape index (κ1) is 20.8. The summed E-state index contributed by atoms with van der Waals surface area (Å²) in [4.78, 5) is 28.3. The second-order valence-electron chi connectivity index (χ2n) is 9.65. The summed E-state index contributed by atoms with van der Waals surface area (Å²) in [7, 11) is 0. The number of hydrogen-bond acceptors (Lipinski definition) is 5. The van der Waals surface area contributed by atoms with Gasteiger partial charge >= 0.3 is 12.2 Å². The fourth-order valence-corrected chi connectivity index (χ4v) is 3.59. The molecule has 2 amide bonds. The molecule has 7 heteroatoms. The Morgan fingerprint density at radius 3 is 1.85 bits per heavy atom. The molecule has 0 aromatic carbocycles. The van der Waals surface area contributed by atoms with Gasteiger partial charge in [0.1, 0.15) is 11.2 Å². The van der Waals surface area contributed by atoms with Crippen molar-refractivity contribution in [3.05, 3.63) is 0 Å². The van der Waals surface area contributed by atoms with E-state index in [1.807, 2.05) is 41.5 Å². The second-order valence-corrected chi connectivity index (χ2v) is 9.65. The van der Waals surface area contributed by atoms with E-state index in [1.165, 1.54) is 0 Å². The smallest absolute Gasteiger partial charge is 0.410 e. The molecule has 2 saturated heterocycles. The monoisotopic (exact) mass is 369 g/mol. The van der Waals surface area contributed by atoms with Crippen molar-refractivity contribution in [2.45, 2.75) is 84.1 Å². The standard InChI is InChI=1S/C19H35N3O4/c1-14-12-22(16(24)26-18(5,6)7)13-19(20-14)8-10-21(11-9-19)15(23)25-17(2,3)4/h14,20H,8-13H2,1-7H3. The Balaban J connectivity index is 1.98. The summed E-state index contributed by atoms with van der Waals surface area (Å²) in [6.07, 6.45) is 1.05. The number of amides is 2. The summed E-state index contributed by atoms with van der Waals surface area (Å²) in [5.41, 5.74) is -1.16. The first-order valence-electron chi connectivity index (χ1n) is 9.52. The van der Waals surface area contributed by atoms with Crippen LogP contribution in [0.2, 0.25) is 0 Å². The van der Waals surface area contributed by atoms with E-state index in [9.17, 15) is 9.59 Å². The minimum Gasteiger partial charge on any atom is -0.444 e. The number of hydrogen-bond donors (Lipinski definition) is 1. The molecule has 2 heterocycles. The maximum Gasteiger partial charge on any atom is 0.410 e. The Bertz CT molecular complexity index is 528. The van der Waals surface area contributed by atoms with E-state index in [0.29, 0.717) is 26.2 Å². The third-order valence-corrected chi connectivity index (χ3v) is 4.56. The Morgan fingerprint density at radius 2 is 1.38 bits per heavy atom. The topological polar surface area (TPSA) is 71.1 Å². The van der Waals surface area contributed by atoms with Crippen molar-refractivity contribution in [2.75, 3.05) is 26.2 Å². The van der Waals surface area contributed by atoms with Gasteiger partial charge in [0.2, 0.25) is 0 Å². The summed E-state index contributed by atoms with van der Waals surface area (Å²) in [5, 5.41) is 3.66. The SMILES string of the molecule is CC1CN(C(=O)OC(C)(C)C)CC2(CCN(C(=O)OC(C)(C)C)CC2)N1. The number of nitrogens with zero attached hydrogens (tertiary/aromatic N) is 2. The molecule has 0 aromatic heterocycles. The van der Waals surface area contributed by atoms with Crippen LogP contribution in [0.4, 0.5) is 9.59 Å². The number of piperazine rings is 1. The Labute approximate surface area is 157 Å². The highest BCUT2D eigenvalue weighted by Gasteiger charge is 2.43. The third kappa shape index (κ3) is 5.76. The van der Waals surface area contributed by atoms with Crippen molar-refractivity contribution < 1.29 is 19.1 Å². The van der Waals surface area contributed by atoms with Gasteiger partial charge in [-0.15, -0.1) is 0 Å². The van der Waals surface area contributed by atoms with Crippen molar-refractivity contribution in [2.24, 2.45) is 0 Å². The number of rotatable bonds is 0. The van der Waals surface area contributed by atoms with Crippen molar-refractivity contribution >= 4 is 12.2 Å². The first-order valence-corrected chi connectivity index (χ1v) is 9.52. The minimum atomic E-state index is -0.502. The van der Waals surface area contributed by atoms with E-state index < -0.39 is 11.2 Å². The largest absolute Gasteiger partial charge is 0.444 e. The van der Waals surface area contributed by atoms with Gasteiger partial charge in [-0.1, -0.05) is 0 Å². The van der Waals surface area contributed by atoms with Gasteiger partial charge in [-0.05, 0) is 61.3 Å². The van der Waals surface area contributed by atoms with E-state index in [2.05, 4.69) is 12.2 Å². The number of likely N-dealkylation sites (tertiary alicyclic amines) is 1. The Kier molecular flexibility index (Phi) is 5.80. The lowest BCUT2D eigenvalue weighted by Crippen LogP contribution is -2.68. The lowest BCUT2D eigenvalue weighted by molar-refractivity contribution is -0.0112. The molecule has 0 bridgehead atoms. The molecule has 0 aromatic rings. The number of carbonyl (C=O) groups excluding carboxylic acids is 2. The van der Waals surface area contributed by atoms with E-state index in [4.69, 9.17) is 9.47 Å². The molecule has 0 radical (unpaired) electrons. The zero-order valence-electron chi connectivity index (χ0n) is 17.3. The Hall–Kier alpha value is -1.50. The molecule has 7 nitrogen and oxygen atoms in total. The lowest BCUT2D eigenvalue weighted by atomic mass is 9.84. The summed E-state index contributed by atoms with van der Waals surface area (Å²) >= 11 is 0. The quantitative estimate of drug-likeness (QED) is 0.711. The van der Waals surface area contributed by atoms with Crippen molar-refractivity contribution in [1.29, 1.82) is 0 Å². The molecule has 2 aliphatic heterocycles. The fourth-order valence-electron chi connectivity index (χ4n) is 3.59. The van der Waals surface area contributed by atoms with Crippen LogP contribution in [0, 0.1) is 0 Å². The molecule has 1 atom stereocenters. The van der Waals surface area contributed by atoms with Crippen LogP contribution in [0.25, 0.3) is 0 Å². The van der Waals surface area contributed by atoms with Gasteiger partial charge in [-0.2, -0.15) is 0 Å². The van der Waals surface area contributed by atoms with Gasteiger partial charge in [0.15, 0.2) is 0 Å². The molecular formula is C19H35N3O4. The zero-order valence-corrected chi connectivity index (χ0v) is 17.3. The van der Waals surface area contributed by atoms with Crippen LogP contribution in [0.15, 0.2) is 0 Å². The third-order valence-electron chi connectivity index (χ3n) is 4.56. The van der Waals surface area contributed by atoms with Crippen LogP contribution < -0.4 is 5.32 Å². The van der Waals surface area contributed by atoms with Crippen LogP contribution in [0.5, 0.6) is 0 Å². The molecule has 2 fully saturated rings. The molecule has 2 aliphatic rings. The lowest BCUT2D eigenvalue weighted by Gasteiger charge is -2.50. The fraction of sp³-hybridized carbons (Fsp3) is 0.895. The van der Waals surface area contributed by atoms with E-state index in [1.54, 1.807) is 9.80 Å². The maximum atomic E-state index is 12.5. The summed E-state index contributed by atoms with van der Waals surface area (Å²) < 4.78 is 11.0. The molecular weight excluding hydrogens is 334 g/mol. The summed E-state index contributed by atoms with van der Waals surface area (Å²) in [5.74, 6) is 0. The Morgan fingerprint density at radius 1 is 0.923 bits per heavy atom. The second kappa shape index (κ2) is 7.25. The van der Waals surface area contributed by atoms with Gasteiger partial charge < -0.3 is 24.6 Å². The molecule has 1 N–H and O–H groups in total. The van der Waals surface area contributed by atoms with Crippen LogP contribution >= 0.6 is 0 Å². The summed E-state index contributed by atoms with van der Waals surface area (Å²) in [6, 6.07) is 0.185. The number of nitrogens with one attached hydrogen (secondary N) is 1. The van der Waals surface area contributed by atoms with Gasteiger partial charge in [0.25, 0.3) is 0 Å². The van der Waals surface area contributed by atoms with E-state index in [0.717, 1.165) is 12.8 Å². The molecule has 0 aliphatic carbocycles. The molecule has 2 rings (SSSR count). The minimum absolute atomic E-state index is 0.174. The number of carbonyl (C=O) groups is 2. The zero-order chi connectivity index (χ0) is 19.8. The average Bonchev–Trinajstić information content (AvgIpc) is 2.43. The molecule has 26 heavy (non-hydrogen) atoms. The van der Waals surface area contributed by atoms with Gasteiger partial charge in [0, 0.05) is 37.8 Å². The van der Waals surface area contributed by atoms with Crippen molar-refractivity contribution in [3.8, 4) is 0 Å². The van der Waals surface area contributed by atoms with Crippen LogP contribution in [0.1, 0.15) is 61.3 Å². The predicted octanol–water partition coefficient (Wildman–Crippen LogP) is 2.98. The highest BCUT2D eigenvalue weighted by molar-refractivity contribution is 5.69. The normalized spacial score (nSPS) is 23.7. The first-order chi connectivity index (χ1) is 11.8. The van der Waals surface area contributed by atoms with Gasteiger partial charge in [0.05, 0.1) is 0 Å². The maximum absolute atomic E-state index is 12.5. The number of ether oxygens (including phenoxy) is 2. The van der Waals surface area contributed by atoms with Crippen LogP contribution in [0.3, 0.4) is 0 Å². The van der Waals surface area contributed by atoms with Crippen LogP contribution in [-0.2, 0) is 9.47 Å². The van der Waals surface area contributed by atoms with Crippen LogP contribution in [-0.4, -0.2) is 70.9 Å². The molecule has 1 unspecified atom stereocenters. The van der Waals surface area contributed by atoms with E-state index >= 15 is 0 Å². The highest BCUT2D eigenvalue weighted by atomic mass is 16.6. The number of piperidine rings is 1. The average molecular weight is 370 g/mol. The highest BCUT2D eigenvalue weighted by Crippen LogP contribution is 2.29. The van der Waals surface area contributed by atoms with Crippen molar-refractivity contribution in [1.82, 2.24) is 15.1 Å². The van der Waals surface area contributed by atoms with Crippen molar-refractivity contribution in [3.63, 3.8) is 0 Å². The molecule has 0 saturated carbocycles. The van der Waals surface area contributed by atoms with Gasteiger partial charge in [-0.25, -0.2) is 9.59 Å². The predicted molar refractivity (Wildman–Crippen MR) is 100 cm³/mol. The molecule has 1 spiro atoms. The molecule has 150 valence electrons. The van der Waals surface area contributed by atoms with E-state index in [-0.39, 0.29) is 23.8 Å². The van der Waals surface area contributed by atoms with Gasteiger partial charge in [-0.3, -0.25) is 0 Å².